The first kappa shape index (κ1) is 16.4. The van der Waals surface area contributed by atoms with Crippen LogP contribution in [0.3, 0.4) is 0 Å². The van der Waals surface area contributed by atoms with Gasteiger partial charge in [-0.15, -0.1) is 0 Å². The van der Waals surface area contributed by atoms with E-state index in [1.54, 1.807) is 6.07 Å². The number of methoxy groups -OCH3 is 1. The van der Waals surface area contributed by atoms with Crippen molar-refractivity contribution in [1.82, 2.24) is 19.6 Å². The average Bonchev–Trinajstić information content (AvgIpc) is 3.33. The summed E-state index contributed by atoms with van der Waals surface area (Å²) in [7, 11) is 1.28. The molecule has 0 aliphatic rings. The highest BCUT2D eigenvalue weighted by Gasteiger charge is 2.21. The third-order valence-corrected chi connectivity index (χ3v) is 4.28. The molecule has 0 aromatic carbocycles. The second-order valence-electron chi connectivity index (χ2n) is 5.84. The van der Waals surface area contributed by atoms with Gasteiger partial charge in [-0.3, -0.25) is 5.10 Å². The zero-order valence-corrected chi connectivity index (χ0v) is 14.3. The lowest BCUT2D eigenvalue weighted by Gasteiger charge is -2.09. The predicted molar refractivity (Wildman–Crippen MR) is 98.7 cm³/mol. The van der Waals surface area contributed by atoms with Crippen molar-refractivity contribution in [3.8, 4) is 28.5 Å². The van der Waals surface area contributed by atoms with E-state index in [4.69, 9.17) is 10.5 Å². The number of nitrogens with one attached hydrogen (secondary N) is 1. The summed E-state index contributed by atoms with van der Waals surface area (Å²) >= 11 is 0. The molecule has 8 heteroatoms. The monoisotopic (exact) mass is 358 g/mol. The van der Waals surface area contributed by atoms with Crippen molar-refractivity contribution in [1.29, 1.82) is 5.26 Å². The standard InChI is InChI=1S/C19H14N6O2/c1-27-19(26)17-15(9-22-24-17)13-7-16(23-18(21)14(13)8-20)11-6-12-4-2-3-5-25(12)10-11/h2-7,9-10H,1H3,(H2,21,23)(H,22,24). The summed E-state index contributed by atoms with van der Waals surface area (Å²) in [5, 5.41) is 16.1. The summed E-state index contributed by atoms with van der Waals surface area (Å²) in [6, 6.07) is 11.6. The van der Waals surface area contributed by atoms with E-state index in [0.29, 0.717) is 16.8 Å². The van der Waals surface area contributed by atoms with Crippen molar-refractivity contribution in [2.75, 3.05) is 12.8 Å². The van der Waals surface area contributed by atoms with Crippen LogP contribution in [0.25, 0.3) is 27.9 Å². The maximum absolute atomic E-state index is 12.0. The fraction of sp³-hybridized carbons (Fsp3) is 0.0526. The number of nitriles is 1. The number of rotatable bonds is 3. The smallest absolute Gasteiger partial charge is 0.356 e. The molecule has 0 spiro atoms. The second-order valence-corrected chi connectivity index (χ2v) is 5.84. The highest BCUT2D eigenvalue weighted by molar-refractivity contribution is 5.97. The Hall–Kier alpha value is -4.12. The number of aromatic nitrogens is 4. The van der Waals surface area contributed by atoms with Crippen molar-refractivity contribution in [2.24, 2.45) is 0 Å². The molecule has 4 heterocycles. The lowest BCUT2D eigenvalue weighted by atomic mass is 9.99. The van der Waals surface area contributed by atoms with Crippen LogP contribution in [-0.2, 0) is 4.74 Å². The number of aromatic amines is 1. The van der Waals surface area contributed by atoms with Crippen molar-refractivity contribution >= 4 is 17.3 Å². The van der Waals surface area contributed by atoms with Gasteiger partial charge in [0.15, 0.2) is 5.69 Å². The van der Waals surface area contributed by atoms with Crippen LogP contribution in [0, 0.1) is 11.3 Å². The molecular formula is C19H14N6O2. The Morgan fingerprint density at radius 3 is 2.93 bits per heavy atom. The molecule has 0 fully saturated rings. The highest BCUT2D eigenvalue weighted by Crippen LogP contribution is 2.33. The Labute approximate surface area is 153 Å². The molecule has 0 atom stereocenters. The summed E-state index contributed by atoms with van der Waals surface area (Å²) in [5.41, 5.74) is 9.67. The van der Waals surface area contributed by atoms with Crippen LogP contribution in [0.4, 0.5) is 5.82 Å². The number of ether oxygens (including phenoxy) is 1. The molecule has 4 aromatic heterocycles. The Kier molecular flexibility index (Phi) is 3.82. The largest absolute Gasteiger partial charge is 0.464 e. The minimum absolute atomic E-state index is 0.0808. The number of nitrogens with zero attached hydrogens (tertiary/aromatic N) is 4. The van der Waals surface area contributed by atoms with Crippen LogP contribution < -0.4 is 5.73 Å². The van der Waals surface area contributed by atoms with Gasteiger partial charge in [-0.1, -0.05) is 6.07 Å². The highest BCUT2D eigenvalue weighted by atomic mass is 16.5. The molecule has 8 nitrogen and oxygen atoms in total. The van der Waals surface area contributed by atoms with Gasteiger partial charge in [0.05, 0.1) is 19.0 Å². The Balaban J connectivity index is 1.94. The molecule has 132 valence electrons. The van der Waals surface area contributed by atoms with Gasteiger partial charge >= 0.3 is 5.97 Å². The average molecular weight is 358 g/mol. The quantitative estimate of drug-likeness (QED) is 0.543. The first-order valence-electron chi connectivity index (χ1n) is 8.02. The molecule has 0 aliphatic carbocycles. The summed E-state index contributed by atoms with van der Waals surface area (Å²) in [4.78, 5) is 16.4. The van der Waals surface area contributed by atoms with E-state index in [1.165, 1.54) is 13.3 Å². The molecule has 27 heavy (non-hydrogen) atoms. The number of nitrogen functional groups attached to an aromatic ring is 1. The number of H-pyrrole nitrogens is 1. The fourth-order valence-corrected chi connectivity index (χ4v) is 2.99. The number of carbonyl (C=O) groups excluding carboxylic acids is 1. The number of pyridine rings is 2. The molecule has 0 amide bonds. The minimum atomic E-state index is -0.585. The van der Waals surface area contributed by atoms with Gasteiger partial charge in [0.25, 0.3) is 0 Å². The van der Waals surface area contributed by atoms with E-state index >= 15 is 0 Å². The molecule has 0 bridgehead atoms. The number of hydrogen-bond acceptors (Lipinski definition) is 6. The molecule has 4 aromatic rings. The Bertz CT molecular complexity index is 1180. The molecule has 4 rings (SSSR count). The fourth-order valence-electron chi connectivity index (χ4n) is 2.99. The molecule has 0 radical (unpaired) electrons. The lowest BCUT2D eigenvalue weighted by Crippen LogP contribution is -2.05. The first-order chi connectivity index (χ1) is 13.1. The van der Waals surface area contributed by atoms with Crippen LogP contribution in [0.2, 0.25) is 0 Å². The van der Waals surface area contributed by atoms with Gasteiger partial charge in [-0.2, -0.15) is 10.4 Å². The predicted octanol–water partition coefficient (Wildman–Crippen LogP) is 2.63. The number of hydrogen-bond donors (Lipinski definition) is 2. The second kappa shape index (κ2) is 6.31. The van der Waals surface area contributed by atoms with Gasteiger partial charge in [0.1, 0.15) is 17.5 Å². The van der Waals surface area contributed by atoms with E-state index in [-0.39, 0.29) is 17.1 Å². The van der Waals surface area contributed by atoms with Crippen molar-refractivity contribution in [3.05, 3.63) is 60.2 Å². The van der Waals surface area contributed by atoms with Crippen LogP contribution in [0.1, 0.15) is 16.1 Å². The van der Waals surface area contributed by atoms with Crippen LogP contribution in [-0.4, -0.2) is 32.7 Å². The van der Waals surface area contributed by atoms with E-state index in [9.17, 15) is 10.1 Å². The Morgan fingerprint density at radius 2 is 2.19 bits per heavy atom. The molecular weight excluding hydrogens is 344 g/mol. The lowest BCUT2D eigenvalue weighted by molar-refractivity contribution is 0.0595. The van der Waals surface area contributed by atoms with E-state index < -0.39 is 5.97 Å². The third-order valence-electron chi connectivity index (χ3n) is 4.28. The molecule has 0 saturated carbocycles. The zero-order valence-electron chi connectivity index (χ0n) is 14.3. The van der Waals surface area contributed by atoms with E-state index in [1.807, 2.05) is 41.1 Å². The number of nitrogens with two attached hydrogens (primary N) is 1. The van der Waals surface area contributed by atoms with Crippen LogP contribution in [0.15, 0.2) is 48.9 Å². The van der Waals surface area contributed by atoms with E-state index in [2.05, 4.69) is 21.3 Å². The minimum Gasteiger partial charge on any atom is -0.464 e. The van der Waals surface area contributed by atoms with Crippen molar-refractivity contribution < 1.29 is 9.53 Å². The van der Waals surface area contributed by atoms with Gasteiger partial charge in [-0.25, -0.2) is 9.78 Å². The van der Waals surface area contributed by atoms with Crippen molar-refractivity contribution in [2.45, 2.75) is 0 Å². The maximum atomic E-state index is 12.0. The number of carbonyl (C=O) groups is 1. The van der Waals surface area contributed by atoms with Gasteiger partial charge in [0.2, 0.25) is 0 Å². The van der Waals surface area contributed by atoms with Crippen LogP contribution >= 0.6 is 0 Å². The summed E-state index contributed by atoms with van der Waals surface area (Å²) in [6.07, 6.45) is 5.31. The normalized spacial score (nSPS) is 10.7. The summed E-state index contributed by atoms with van der Waals surface area (Å²) < 4.78 is 6.73. The molecule has 0 saturated heterocycles. The number of esters is 1. The van der Waals surface area contributed by atoms with Gasteiger partial charge in [-0.05, 0) is 24.3 Å². The van der Waals surface area contributed by atoms with Crippen LogP contribution in [0.5, 0.6) is 0 Å². The maximum Gasteiger partial charge on any atom is 0.356 e. The first-order valence-corrected chi connectivity index (χ1v) is 8.02. The number of fused-ring (bicyclic) bond motifs is 1. The summed E-state index contributed by atoms with van der Waals surface area (Å²) in [6.45, 7) is 0. The van der Waals surface area contributed by atoms with Gasteiger partial charge in [0, 0.05) is 34.6 Å². The topological polar surface area (TPSA) is 122 Å². The SMILES string of the molecule is COC(=O)c1[nH]ncc1-c1cc(-c2cc3ccccn3c2)nc(N)c1C#N. The number of anilines is 1. The van der Waals surface area contributed by atoms with E-state index in [0.717, 1.165) is 11.1 Å². The molecule has 0 aliphatic heterocycles. The zero-order chi connectivity index (χ0) is 19.0. The Morgan fingerprint density at radius 1 is 1.33 bits per heavy atom. The van der Waals surface area contributed by atoms with Crippen molar-refractivity contribution in [3.63, 3.8) is 0 Å². The van der Waals surface area contributed by atoms with Gasteiger partial charge < -0.3 is 14.9 Å². The third kappa shape index (κ3) is 2.67. The molecule has 0 unspecified atom stereocenters. The summed E-state index contributed by atoms with van der Waals surface area (Å²) in [5.74, 6) is -0.504. The molecule has 3 N–H and O–H groups in total.